The van der Waals surface area contributed by atoms with Gasteiger partial charge in [-0.15, -0.1) is 0 Å². The summed E-state index contributed by atoms with van der Waals surface area (Å²) in [6.45, 7) is 11.2. The second-order valence-electron chi connectivity index (χ2n) is 5.46. The average Bonchev–Trinajstić information content (AvgIpc) is 2.56. The largest absolute Gasteiger partial charge is 0.458 e. The number of rotatable bonds is 5. The second-order valence-corrected chi connectivity index (χ2v) is 5.46. The van der Waals surface area contributed by atoms with Gasteiger partial charge in [-0.25, -0.2) is 0 Å². The average molecular weight is 239 g/mol. The first-order valence-electron chi connectivity index (χ1n) is 6.50. The molecule has 0 saturated heterocycles. The van der Waals surface area contributed by atoms with Crippen LogP contribution in [0.1, 0.15) is 53.9 Å². The Morgan fingerprint density at radius 1 is 1.47 bits per heavy atom. The molecule has 1 rings (SSSR count). The molecule has 0 aliphatic carbocycles. The summed E-state index contributed by atoms with van der Waals surface area (Å²) in [6.07, 6.45) is 2.45. The molecule has 0 aromatic rings. The molecule has 0 unspecified atom stereocenters. The topological polar surface area (TPSA) is 38.3 Å². The van der Waals surface area contributed by atoms with E-state index in [0.717, 1.165) is 19.4 Å². The van der Waals surface area contributed by atoms with Crippen molar-refractivity contribution in [1.82, 2.24) is 5.32 Å². The number of nitrogens with one attached hydrogen (secondary N) is 1. The number of hydrogen-bond donors (Lipinski definition) is 1. The van der Waals surface area contributed by atoms with Gasteiger partial charge in [-0.05, 0) is 34.1 Å². The van der Waals surface area contributed by atoms with Gasteiger partial charge in [-0.3, -0.25) is 4.79 Å². The normalized spacial score (nSPS) is 20.9. The van der Waals surface area contributed by atoms with E-state index < -0.39 is 5.60 Å². The number of carbonyl (C=O) groups is 1. The monoisotopic (exact) mass is 239 g/mol. The molecule has 0 fully saturated rings. The van der Waals surface area contributed by atoms with E-state index in [2.05, 4.69) is 26.1 Å². The lowest BCUT2D eigenvalue weighted by molar-refractivity contribution is -0.158. The van der Waals surface area contributed by atoms with Crippen LogP contribution in [0, 0.1) is 0 Å². The van der Waals surface area contributed by atoms with E-state index in [1.807, 2.05) is 13.8 Å². The third kappa shape index (κ3) is 3.56. The van der Waals surface area contributed by atoms with Crippen LogP contribution in [0.15, 0.2) is 11.1 Å². The van der Waals surface area contributed by atoms with E-state index in [0.29, 0.717) is 6.42 Å². The highest BCUT2D eigenvalue weighted by Gasteiger charge is 2.37. The molecule has 3 heteroatoms. The molecule has 3 nitrogen and oxygen atoms in total. The van der Waals surface area contributed by atoms with Gasteiger partial charge in [0, 0.05) is 13.0 Å². The van der Waals surface area contributed by atoms with Crippen molar-refractivity contribution >= 4 is 5.97 Å². The minimum absolute atomic E-state index is 0.0870. The van der Waals surface area contributed by atoms with Gasteiger partial charge in [0.05, 0.1) is 6.04 Å². The van der Waals surface area contributed by atoms with E-state index in [9.17, 15) is 4.79 Å². The van der Waals surface area contributed by atoms with Crippen LogP contribution in [0.5, 0.6) is 0 Å². The van der Waals surface area contributed by atoms with Gasteiger partial charge in [0.15, 0.2) is 0 Å². The number of esters is 1. The van der Waals surface area contributed by atoms with Gasteiger partial charge in [0.1, 0.15) is 5.60 Å². The zero-order valence-electron chi connectivity index (χ0n) is 11.7. The Hall–Kier alpha value is -0.830. The van der Waals surface area contributed by atoms with Gasteiger partial charge in [-0.2, -0.15) is 0 Å². The van der Waals surface area contributed by atoms with Gasteiger partial charge in [0.25, 0.3) is 0 Å². The second kappa shape index (κ2) is 5.67. The van der Waals surface area contributed by atoms with Crippen molar-refractivity contribution in [3.05, 3.63) is 11.1 Å². The summed E-state index contributed by atoms with van der Waals surface area (Å²) in [5, 5.41) is 3.41. The van der Waals surface area contributed by atoms with Crippen molar-refractivity contribution in [3.63, 3.8) is 0 Å². The lowest BCUT2D eigenvalue weighted by Gasteiger charge is -2.32. The highest BCUT2D eigenvalue weighted by atomic mass is 16.6. The Balaban J connectivity index is 2.60. The van der Waals surface area contributed by atoms with Crippen LogP contribution in [0.4, 0.5) is 0 Å². The van der Waals surface area contributed by atoms with E-state index in [4.69, 9.17) is 4.74 Å². The fourth-order valence-electron chi connectivity index (χ4n) is 2.29. The summed E-state index contributed by atoms with van der Waals surface area (Å²) in [6, 6.07) is 0.146. The standard InChI is InChI=1S/C14H25NO2/c1-6-7-8-12(16)17-14(4,5)13-11(3)10(2)9-15-13/h13,15H,6-9H2,1-5H3/t13-/m1/s1. The minimum Gasteiger partial charge on any atom is -0.458 e. The summed E-state index contributed by atoms with van der Waals surface area (Å²) < 4.78 is 5.61. The number of hydrogen-bond acceptors (Lipinski definition) is 3. The predicted molar refractivity (Wildman–Crippen MR) is 69.9 cm³/mol. The molecule has 0 aromatic carbocycles. The molecule has 1 aliphatic rings. The Kier molecular flexibility index (Phi) is 4.75. The number of carbonyl (C=O) groups excluding carboxylic acids is 1. The molecule has 0 radical (unpaired) electrons. The summed E-state index contributed by atoms with van der Waals surface area (Å²) in [7, 11) is 0. The van der Waals surface area contributed by atoms with Crippen molar-refractivity contribution in [2.75, 3.05) is 6.54 Å². The molecule has 1 N–H and O–H groups in total. The van der Waals surface area contributed by atoms with Crippen molar-refractivity contribution in [3.8, 4) is 0 Å². The molecule has 0 spiro atoms. The molecular formula is C14H25NO2. The maximum absolute atomic E-state index is 11.7. The van der Waals surface area contributed by atoms with Crippen molar-refractivity contribution < 1.29 is 9.53 Å². The summed E-state index contributed by atoms with van der Waals surface area (Å²) in [5.74, 6) is -0.0870. The third-order valence-corrected chi connectivity index (χ3v) is 3.48. The van der Waals surface area contributed by atoms with Crippen LogP contribution in [-0.2, 0) is 9.53 Å². The molecule has 1 aliphatic heterocycles. The van der Waals surface area contributed by atoms with Gasteiger partial charge < -0.3 is 10.1 Å². The highest BCUT2D eigenvalue weighted by Crippen LogP contribution is 2.27. The number of ether oxygens (including phenoxy) is 1. The van der Waals surface area contributed by atoms with Gasteiger partial charge in [0.2, 0.25) is 0 Å². The molecule has 0 saturated carbocycles. The summed E-state index contributed by atoms with van der Waals surface area (Å²) in [4.78, 5) is 11.7. The Bertz CT molecular complexity index is 318. The van der Waals surface area contributed by atoms with Crippen molar-refractivity contribution in [2.24, 2.45) is 0 Å². The van der Waals surface area contributed by atoms with E-state index in [1.165, 1.54) is 11.1 Å². The molecule has 17 heavy (non-hydrogen) atoms. The first-order valence-corrected chi connectivity index (χ1v) is 6.50. The maximum atomic E-state index is 11.7. The van der Waals surface area contributed by atoms with Crippen molar-refractivity contribution in [2.45, 2.75) is 65.5 Å². The number of unbranched alkanes of at least 4 members (excludes halogenated alkanes) is 1. The quantitative estimate of drug-likeness (QED) is 0.592. The molecule has 1 heterocycles. The fourth-order valence-corrected chi connectivity index (χ4v) is 2.29. The fraction of sp³-hybridized carbons (Fsp3) is 0.786. The van der Waals surface area contributed by atoms with E-state index >= 15 is 0 Å². The predicted octanol–water partition coefficient (Wildman–Crippen LogP) is 2.81. The zero-order chi connectivity index (χ0) is 13.1. The highest BCUT2D eigenvalue weighted by molar-refractivity contribution is 5.70. The van der Waals surface area contributed by atoms with E-state index in [-0.39, 0.29) is 12.0 Å². The first kappa shape index (κ1) is 14.2. The third-order valence-electron chi connectivity index (χ3n) is 3.48. The van der Waals surface area contributed by atoms with Gasteiger partial charge >= 0.3 is 5.97 Å². The van der Waals surface area contributed by atoms with E-state index in [1.54, 1.807) is 0 Å². The first-order chi connectivity index (χ1) is 7.88. The smallest absolute Gasteiger partial charge is 0.306 e. The lowest BCUT2D eigenvalue weighted by atomic mass is 9.93. The molecule has 0 amide bonds. The van der Waals surface area contributed by atoms with Gasteiger partial charge in [-0.1, -0.05) is 24.5 Å². The Morgan fingerprint density at radius 2 is 2.12 bits per heavy atom. The van der Waals surface area contributed by atoms with Crippen LogP contribution < -0.4 is 5.32 Å². The maximum Gasteiger partial charge on any atom is 0.306 e. The minimum atomic E-state index is -0.466. The van der Waals surface area contributed by atoms with Crippen LogP contribution >= 0.6 is 0 Å². The molecule has 0 aromatic heterocycles. The Morgan fingerprint density at radius 3 is 2.59 bits per heavy atom. The molecular weight excluding hydrogens is 214 g/mol. The SMILES string of the molecule is CCCCC(=O)OC(C)(C)[C@@H]1NCC(C)=C1C. The summed E-state index contributed by atoms with van der Waals surface area (Å²) in [5.41, 5.74) is 2.19. The van der Waals surface area contributed by atoms with Crippen molar-refractivity contribution in [1.29, 1.82) is 0 Å². The lowest BCUT2D eigenvalue weighted by Crippen LogP contribution is -2.47. The summed E-state index contributed by atoms with van der Waals surface area (Å²) >= 11 is 0. The Labute approximate surface area is 105 Å². The van der Waals surface area contributed by atoms with Crippen LogP contribution in [0.25, 0.3) is 0 Å². The zero-order valence-corrected chi connectivity index (χ0v) is 11.7. The molecule has 98 valence electrons. The molecule has 0 bridgehead atoms. The van der Waals surface area contributed by atoms with Crippen LogP contribution in [0.2, 0.25) is 0 Å². The van der Waals surface area contributed by atoms with Crippen LogP contribution in [-0.4, -0.2) is 24.2 Å². The molecule has 1 atom stereocenters. The van der Waals surface area contributed by atoms with Crippen LogP contribution in [0.3, 0.4) is 0 Å².